The number of nitrogens with one attached hydrogen (secondary N) is 1. The molecule has 1 atom stereocenters. The van der Waals surface area contributed by atoms with Crippen LogP contribution in [0.5, 0.6) is 0 Å². The molecule has 2 aliphatic heterocycles. The van der Waals surface area contributed by atoms with E-state index in [1.54, 1.807) is 11.2 Å². The van der Waals surface area contributed by atoms with Crippen molar-refractivity contribution >= 4 is 24.3 Å². The van der Waals surface area contributed by atoms with Crippen LogP contribution in [0.2, 0.25) is 0 Å². The van der Waals surface area contributed by atoms with Crippen LogP contribution >= 0.6 is 12.4 Å². The number of aromatic nitrogens is 2. The molecule has 24 heavy (non-hydrogen) atoms. The van der Waals surface area contributed by atoms with E-state index >= 15 is 0 Å². The molecule has 3 heterocycles. The predicted octanol–water partition coefficient (Wildman–Crippen LogP) is 2.39. The smallest absolute Gasteiger partial charge is 0.410 e. The van der Waals surface area contributed by atoms with E-state index in [4.69, 9.17) is 9.47 Å². The highest BCUT2D eigenvalue weighted by Crippen LogP contribution is 2.25. The first-order valence-corrected chi connectivity index (χ1v) is 8.07. The Morgan fingerprint density at radius 2 is 2.21 bits per heavy atom. The average Bonchev–Trinajstić information content (AvgIpc) is 2.98. The van der Waals surface area contributed by atoms with Crippen molar-refractivity contribution in [1.82, 2.24) is 14.9 Å². The number of anilines is 1. The number of hydrogen-bond acceptors (Lipinski definition) is 6. The Morgan fingerprint density at radius 3 is 2.88 bits per heavy atom. The minimum absolute atomic E-state index is 0. The number of amides is 1. The standard InChI is InChI=1S/C16H24N4O3.ClH/c1-16(2,3)23-15(21)20-6-4-13-12(8-20)14(18-10-17-13)19-11-5-7-22-9-11;/h10-11H,4-9H2,1-3H3,(H,17,18,19);1H. The monoisotopic (exact) mass is 356 g/mol. The summed E-state index contributed by atoms with van der Waals surface area (Å²) in [6.07, 6.45) is 2.98. The van der Waals surface area contributed by atoms with Gasteiger partial charge >= 0.3 is 6.09 Å². The van der Waals surface area contributed by atoms with Crippen LogP contribution in [0.1, 0.15) is 38.4 Å². The van der Waals surface area contributed by atoms with Crippen LogP contribution in [0.15, 0.2) is 6.33 Å². The summed E-state index contributed by atoms with van der Waals surface area (Å²) in [4.78, 5) is 22.7. The quantitative estimate of drug-likeness (QED) is 0.876. The number of rotatable bonds is 2. The van der Waals surface area contributed by atoms with Gasteiger partial charge in [0.1, 0.15) is 17.7 Å². The minimum Gasteiger partial charge on any atom is -0.444 e. The molecule has 134 valence electrons. The molecule has 0 aromatic carbocycles. The topological polar surface area (TPSA) is 76.6 Å². The van der Waals surface area contributed by atoms with Crippen molar-refractivity contribution in [3.63, 3.8) is 0 Å². The molecule has 1 saturated heterocycles. The predicted molar refractivity (Wildman–Crippen MR) is 92.5 cm³/mol. The lowest BCUT2D eigenvalue weighted by molar-refractivity contribution is 0.0223. The number of nitrogens with zero attached hydrogens (tertiary/aromatic N) is 3. The largest absolute Gasteiger partial charge is 0.444 e. The molecule has 1 aromatic heterocycles. The van der Waals surface area contributed by atoms with E-state index in [1.807, 2.05) is 20.8 Å². The first-order valence-electron chi connectivity index (χ1n) is 8.07. The van der Waals surface area contributed by atoms with Gasteiger partial charge in [-0.2, -0.15) is 0 Å². The minimum atomic E-state index is -0.493. The fraction of sp³-hybridized carbons (Fsp3) is 0.688. The summed E-state index contributed by atoms with van der Waals surface area (Å²) in [5.41, 5.74) is 1.49. The van der Waals surface area contributed by atoms with E-state index < -0.39 is 5.60 Å². The zero-order valence-corrected chi connectivity index (χ0v) is 15.2. The van der Waals surface area contributed by atoms with Gasteiger partial charge in [-0.3, -0.25) is 0 Å². The first-order chi connectivity index (χ1) is 10.9. The highest BCUT2D eigenvalue weighted by molar-refractivity contribution is 5.85. The third-order valence-electron chi connectivity index (χ3n) is 3.92. The van der Waals surface area contributed by atoms with Gasteiger partial charge < -0.3 is 19.7 Å². The fourth-order valence-electron chi connectivity index (χ4n) is 2.79. The van der Waals surface area contributed by atoms with Gasteiger partial charge in [0.05, 0.1) is 24.9 Å². The molecule has 1 unspecified atom stereocenters. The third-order valence-corrected chi connectivity index (χ3v) is 3.92. The molecule has 1 amide bonds. The van der Waals surface area contributed by atoms with Crippen LogP contribution in [0, 0.1) is 0 Å². The van der Waals surface area contributed by atoms with E-state index in [0.29, 0.717) is 26.1 Å². The maximum atomic E-state index is 12.3. The number of fused-ring (bicyclic) bond motifs is 1. The summed E-state index contributed by atoms with van der Waals surface area (Å²) in [7, 11) is 0. The van der Waals surface area contributed by atoms with Gasteiger partial charge in [-0.1, -0.05) is 0 Å². The van der Waals surface area contributed by atoms with E-state index in [2.05, 4.69) is 15.3 Å². The summed E-state index contributed by atoms with van der Waals surface area (Å²) in [6, 6.07) is 0.269. The Balaban J connectivity index is 0.00000208. The fourth-order valence-corrected chi connectivity index (χ4v) is 2.79. The molecule has 0 spiro atoms. The van der Waals surface area contributed by atoms with Crippen LogP contribution < -0.4 is 5.32 Å². The summed E-state index contributed by atoms with van der Waals surface area (Å²) >= 11 is 0. The van der Waals surface area contributed by atoms with E-state index in [0.717, 1.165) is 30.1 Å². The van der Waals surface area contributed by atoms with Gasteiger partial charge in [0.2, 0.25) is 0 Å². The molecule has 1 N–H and O–H groups in total. The zero-order valence-electron chi connectivity index (χ0n) is 14.4. The second-order valence-electron chi connectivity index (χ2n) is 7.00. The van der Waals surface area contributed by atoms with Crippen molar-refractivity contribution < 1.29 is 14.3 Å². The second-order valence-corrected chi connectivity index (χ2v) is 7.00. The summed E-state index contributed by atoms with van der Waals surface area (Å²) < 4.78 is 10.9. The summed E-state index contributed by atoms with van der Waals surface area (Å²) in [6.45, 7) is 8.17. The molecule has 8 heteroatoms. The first kappa shape index (κ1) is 18.7. The van der Waals surface area contributed by atoms with Crippen molar-refractivity contribution in [2.75, 3.05) is 25.1 Å². The second kappa shape index (κ2) is 7.53. The highest BCUT2D eigenvalue weighted by atomic mass is 35.5. The molecular formula is C16H25ClN4O3. The molecule has 2 aliphatic rings. The Morgan fingerprint density at radius 1 is 1.42 bits per heavy atom. The SMILES string of the molecule is CC(C)(C)OC(=O)N1CCc2ncnc(NC3CCOC3)c2C1.Cl. The van der Waals surface area contributed by atoms with E-state index in [-0.39, 0.29) is 24.5 Å². The molecular weight excluding hydrogens is 332 g/mol. The third kappa shape index (κ3) is 4.48. The maximum Gasteiger partial charge on any atom is 0.410 e. The molecule has 0 bridgehead atoms. The van der Waals surface area contributed by atoms with Gasteiger partial charge in [0, 0.05) is 25.1 Å². The average molecular weight is 357 g/mol. The van der Waals surface area contributed by atoms with Gasteiger partial charge in [0.15, 0.2) is 0 Å². The maximum absolute atomic E-state index is 12.3. The molecule has 7 nitrogen and oxygen atoms in total. The lowest BCUT2D eigenvalue weighted by Gasteiger charge is -2.31. The zero-order chi connectivity index (χ0) is 16.4. The number of halogens is 1. The molecule has 0 radical (unpaired) electrons. The van der Waals surface area contributed by atoms with Crippen molar-refractivity contribution in [3.8, 4) is 0 Å². The van der Waals surface area contributed by atoms with Crippen LogP contribution in [0.4, 0.5) is 10.6 Å². The number of carbonyl (C=O) groups excluding carboxylic acids is 1. The van der Waals surface area contributed by atoms with Gasteiger partial charge in [-0.15, -0.1) is 12.4 Å². The molecule has 0 aliphatic carbocycles. The Labute approximate surface area is 148 Å². The van der Waals surface area contributed by atoms with Crippen LogP contribution in [-0.4, -0.2) is 52.4 Å². The van der Waals surface area contributed by atoms with Crippen LogP contribution in [0.3, 0.4) is 0 Å². The molecule has 1 aromatic rings. The lowest BCUT2D eigenvalue weighted by atomic mass is 10.1. The van der Waals surface area contributed by atoms with Gasteiger partial charge in [-0.25, -0.2) is 14.8 Å². The van der Waals surface area contributed by atoms with E-state index in [1.165, 1.54) is 0 Å². The molecule has 3 rings (SSSR count). The number of hydrogen-bond donors (Lipinski definition) is 1. The Bertz CT molecular complexity index is 585. The summed E-state index contributed by atoms with van der Waals surface area (Å²) in [5, 5.41) is 3.42. The van der Waals surface area contributed by atoms with E-state index in [9.17, 15) is 4.79 Å². The van der Waals surface area contributed by atoms with Crippen molar-refractivity contribution in [2.45, 2.75) is 51.8 Å². The van der Waals surface area contributed by atoms with Crippen LogP contribution in [-0.2, 0) is 22.4 Å². The van der Waals surface area contributed by atoms with Crippen molar-refractivity contribution in [3.05, 3.63) is 17.6 Å². The molecule has 1 fully saturated rings. The van der Waals surface area contributed by atoms with Gasteiger partial charge in [0.25, 0.3) is 0 Å². The van der Waals surface area contributed by atoms with Crippen LogP contribution in [0.25, 0.3) is 0 Å². The van der Waals surface area contributed by atoms with Crippen molar-refractivity contribution in [1.29, 1.82) is 0 Å². The lowest BCUT2D eigenvalue weighted by Crippen LogP contribution is -2.40. The number of carbonyl (C=O) groups is 1. The molecule has 0 saturated carbocycles. The van der Waals surface area contributed by atoms with Gasteiger partial charge in [-0.05, 0) is 27.2 Å². The summed E-state index contributed by atoms with van der Waals surface area (Å²) in [5.74, 6) is 0.804. The Hall–Kier alpha value is -1.60. The van der Waals surface area contributed by atoms with Crippen molar-refractivity contribution in [2.24, 2.45) is 0 Å². The highest BCUT2D eigenvalue weighted by Gasteiger charge is 2.29. The number of ether oxygens (including phenoxy) is 2. The normalized spacial score (nSPS) is 20.1. The Kier molecular flexibility index (Phi) is 5.87.